The Hall–Kier alpha value is -1.77. The lowest BCUT2D eigenvalue weighted by Gasteiger charge is -2.14. The van der Waals surface area contributed by atoms with Crippen molar-refractivity contribution in [2.24, 2.45) is 0 Å². The Balaban J connectivity index is 2.54. The van der Waals surface area contributed by atoms with E-state index in [-0.39, 0.29) is 0 Å². The first-order valence-electron chi connectivity index (χ1n) is 5.88. The van der Waals surface area contributed by atoms with E-state index in [1.165, 1.54) is 0 Å². The zero-order valence-electron chi connectivity index (χ0n) is 10.9. The maximum Gasteiger partial charge on any atom is 0.258 e. The first-order chi connectivity index (χ1) is 8.82. The minimum atomic E-state index is -3.60. The number of hydrogen-bond donors (Lipinski definition) is 3. The molecule has 0 heterocycles. The molecule has 5 heteroatoms. The second-order valence-electron chi connectivity index (χ2n) is 4.66. The van der Waals surface area contributed by atoms with Crippen LogP contribution in [-0.4, -0.2) is 4.89 Å². The fraction of sp³-hybridized carbons (Fsp3) is 0.143. The summed E-state index contributed by atoms with van der Waals surface area (Å²) in [5.74, 6) is 0. The van der Waals surface area contributed by atoms with Gasteiger partial charge in [-0.05, 0) is 61.4 Å². The fourth-order valence-corrected chi connectivity index (χ4v) is 3.43. The van der Waals surface area contributed by atoms with Gasteiger partial charge in [-0.2, -0.15) is 0 Å². The largest absolute Gasteiger partial charge is 0.399 e. The SMILES string of the molecule is Cc1cc(P(=O)(O)c2ccc(N)c(C)c2)ccc1N. The van der Waals surface area contributed by atoms with Gasteiger partial charge in [0, 0.05) is 22.0 Å². The first-order valence-corrected chi connectivity index (χ1v) is 7.54. The number of anilines is 2. The summed E-state index contributed by atoms with van der Waals surface area (Å²) in [6.45, 7) is 3.63. The van der Waals surface area contributed by atoms with Crippen molar-refractivity contribution in [1.29, 1.82) is 0 Å². The average Bonchev–Trinajstić information content (AvgIpc) is 2.35. The topological polar surface area (TPSA) is 89.3 Å². The first kappa shape index (κ1) is 13.7. The Kier molecular flexibility index (Phi) is 3.40. The van der Waals surface area contributed by atoms with E-state index in [4.69, 9.17) is 11.5 Å². The number of rotatable bonds is 2. The number of hydrogen-bond acceptors (Lipinski definition) is 3. The van der Waals surface area contributed by atoms with Crippen LogP contribution >= 0.6 is 7.37 Å². The van der Waals surface area contributed by atoms with E-state index in [2.05, 4.69) is 0 Å². The molecule has 19 heavy (non-hydrogen) atoms. The second kappa shape index (κ2) is 4.72. The molecule has 0 saturated heterocycles. The predicted molar refractivity (Wildman–Crippen MR) is 80.3 cm³/mol. The van der Waals surface area contributed by atoms with Crippen LogP contribution < -0.4 is 22.1 Å². The third kappa shape index (κ3) is 2.50. The lowest BCUT2D eigenvalue weighted by Crippen LogP contribution is -2.17. The molecule has 0 aliphatic carbocycles. The molecule has 0 fully saturated rings. The Morgan fingerprint density at radius 1 is 0.895 bits per heavy atom. The molecular weight excluding hydrogens is 259 g/mol. The van der Waals surface area contributed by atoms with Gasteiger partial charge in [0.05, 0.1) is 0 Å². The Labute approximate surface area is 112 Å². The van der Waals surface area contributed by atoms with Crippen molar-refractivity contribution in [2.45, 2.75) is 13.8 Å². The second-order valence-corrected chi connectivity index (χ2v) is 6.84. The van der Waals surface area contributed by atoms with E-state index >= 15 is 0 Å². The molecule has 100 valence electrons. The summed E-state index contributed by atoms with van der Waals surface area (Å²) in [5, 5.41) is 0.756. The van der Waals surface area contributed by atoms with E-state index in [1.54, 1.807) is 36.4 Å². The van der Waals surface area contributed by atoms with Gasteiger partial charge in [-0.25, -0.2) is 0 Å². The molecule has 0 aliphatic heterocycles. The Morgan fingerprint density at radius 2 is 1.26 bits per heavy atom. The highest BCUT2D eigenvalue weighted by atomic mass is 31.2. The quantitative estimate of drug-likeness (QED) is 0.575. The molecule has 0 amide bonds. The van der Waals surface area contributed by atoms with Crippen molar-refractivity contribution in [1.82, 2.24) is 0 Å². The standard InChI is InChI=1S/C14H17N2O2P/c1-9-7-11(3-5-13(9)15)19(17,18)12-4-6-14(16)10(2)8-12/h3-8H,15-16H2,1-2H3,(H,17,18). The Bertz CT molecular complexity index is 628. The van der Waals surface area contributed by atoms with Crippen molar-refractivity contribution in [3.8, 4) is 0 Å². The van der Waals surface area contributed by atoms with Gasteiger partial charge in [0.25, 0.3) is 7.37 Å². The average molecular weight is 276 g/mol. The highest BCUT2D eigenvalue weighted by molar-refractivity contribution is 7.73. The smallest absolute Gasteiger partial charge is 0.258 e. The van der Waals surface area contributed by atoms with Crippen molar-refractivity contribution in [3.05, 3.63) is 47.5 Å². The molecule has 5 N–H and O–H groups in total. The van der Waals surface area contributed by atoms with Crippen LogP contribution in [0.2, 0.25) is 0 Å². The fourth-order valence-electron chi connectivity index (χ4n) is 1.85. The summed E-state index contributed by atoms with van der Waals surface area (Å²) >= 11 is 0. The molecule has 0 unspecified atom stereocenters. The third-order valence-electron chi connectivity index (χ3n) is 3.21. The van der Waals surface area contributed by atoms with Crippen molar-refractivity contribution in [2.75, 3.05) is 11.5 Å². The van der Waals surface area contributed by atoms with Gasteiger partial charge in [0.15, 0.2) is 0 Å². The Morgan fingerprint density at radius 3 is 1.58 bits per heavy atom. The molecule has 0 radical (unpaired) electrons. The van der Waals surface area contributed by atoms with Crippen LogP contribution in [0.15, 0.2) is 36.4 Å². The molecule has 0 saturated carbocycles. The normalized spacial score (nSPS) is 11.5. The summed E-state index contributed by atoms with van der Waals surface area (Å²) in [7, 11) is -3.60. The maximum absolute atomic E-state index is 12.6. The molecule has 2 aromatic rings. The van der Waals surface area contributed by atoms with E-state index in [1.807, 2.05) is 13.8 Å². The number of nitrogen functional groups attached to an aromatic ring is 2. The van der Waals surface area contributed by atoms with Crippen LogP contribution in [0.3, 0.4) is 0 Å². The lowest BCUT2D eigenvalue weighted by atomic mass is 10.2. The summed E-state index contributed by atoms with van der Waals surface area (Å²) in [6.07, 6.45) is 0. The predicted octanol–water partition coefficient (Wildman–Crippen LogP) is 1.69. The van der Waals surface area contributed by atoms with Crippen LogP contribution in [0, 0.1) is 13.8 Å². The molecule has 0 aliphatic rings. The minimum absolute atomic E-state index is 0.378. The summed E-state index contributed by atoms with van der Waals surface area (Å²) in [6, 6.07) is 9.79. The van der Waals surface area contributed by atoms with E-state index in [0.29, 0.717) is 22.0 Å². The van der Waals surface area contributed by atoms with E-state index in [0.717, 1.165) is 11.1 Å². The zero-order valence-corrected chi connectivity index (χ0v) is 11.8. The van der Waals surface area contributed by atoms with Crippen molar-refractivity contribution < 1.29 is 9.46 Å². The summed E-state index contributed by atoms with van der Waals surface area (Å²) < 4.78 is 12.6. The van der Waals surface area contributed by atoms with Crippen LogP contribution in [0.4, 0.5) is 11.4 Å². The zero-order chi connectivity index (χ0) is 14.2. The maximum atomic E-state index is 12.6. The van der Waals surface area contributed by atoms with Crippen LogP contribution in [-0.2, 0) is 4.57 Å². The molecule has 2 aromatic carbocycles. The van der Waals surface area contributed by atoms with E-state index in [9.17, 15) is 9.46 Å². The molecule has 0 bridgehead atoms. The minimum Gasteiger partial charge on any atom is -0.399 e. The van der Waals surface area contributed by atoms with Gasteiger partial charge in [0.1, 0.15) is 0 Å². The molecule has 2 rings (SSSR count). The van der Waals surface area contributed by atoms with Gasteiger partial charge in [-0.15, -0.1) is 0 Å². The molecule has 0 atom stereocenters. The van der Waals surface area contributed by atoms with Gasteiger partial charge in [-0.3, -0.25) is 4.57 Å². The van der Waals surface area contributed by atoms with Crippen LogP contribution in [0.5, 0.6) is 0 Å². The number of aryl methyl sites for hydroxylation is 2. The van der Waals surface area contributed by atoms with Crippen molar-refractivity contribution >= 4 is 29.4 Å². The van der Waals surface area contributed by atoms with Gasteiger partial charge < -0.3 is 16.4 Å². The molecular formula is C14H17N2O2P. The van der Waals surface area contributed by atoms with Crippen LogP contribution in [0.25, 0.3) is 0 Å². The summed E-state index contributed by atoms with van der Waals surface area (Å²) in [5.41, 5.74) is 14.3. The molecule has 0 spiro atoms. The summed E-state index contributed by atoms with van der Waals surface area (Å²) in [4.78, 5) is 10.4. The van der Waals surface area contributed by atoms with Crippen molar-refractivity contribution in [3.63, 3.8) is 0 Å². The highest BCUT2D eigenvalue weighted by Gasteiger charge is 2.24. The number of benzene rings is 2. The van der Waals surface area contributed by atoms with Gasteiger partial charge >= 0.3 is 0 Å². The van der Waals surface area contributed by atoms with Gasteiger partial charge in [0.2, 0.25) is 0 Å². The monoisotopic (exact) mass is 276 g/mol. The highest BCUT2D eigenvalue weighted by Crippen LogP contribution is 2.39. The molecule has 4 nitrogen and oxygen atoms in total. The van der Waals surface area contributed by atoms with Gasteiger partial charge in [-0.1, -0.05) is 0 Å². The van der Waals surface area contributed by atoms with E-state index < -0.39 is 7.37 Å². The van der Waals surface area contributed by atoms with Crippen LogP contribution in [0.1, 0.15) is 11.1 Å². The third-order valence-corrected chi connectivity index (χ3v) is 5.16. The number of nitrogens with two attached hydrogens (primary N) is 2. The lowest BCUT2D eigenvalue weighted by molar-refractivity contribution is 0.501. The molecule has 0 aromatic heterocycles.